The molecule has 3 rings (SSSR count). The van der Waals surface area contributed by atoms with Crippen LogP contribution in [0.5, 0.6) is 0 Å². The van der Waals surface area contributed by atoms with Crippen molar-refractivity contribution in [1.29, 1.82) is 0 Å². The smallest absolute Gasteiger partial charge is 0.0622 e. The molecule has 5 atom stereocenters. The van der Waals surface area contributed by atoms with Gasteiger partial charge in [-0.25, -0.2) is 0 Å². The molecule has 1 heterocycles. The van der Waals surface area contributed by atoms with E-state index < -0.39 is 0 Å². The van der Waals surface area contributed by atoms with Gasteiger partial charge in [-0.3, -0.25) is 0 Å². The lowest BCUT2D eigenvalue weighted by Gasteiger charge is -2.33. The van der Waals surface area contributed by atoms with Crippen LogP contribution in [0.1, 0.15) is 25.7 Å². The minimum atomic E-state index is 0.475. The number of ether oxygens (including phenoxy) is 1. The Morgan fingerprint density at radius 3 is 2.69 bits per heavy atom. The fourth-order valence-electron chi connectivity index (χ4n) is 4.08. The van der Waals surface area contributed by atoms with Crippen LogP contribution >= 0.6 is 0 Å². The third-order valence-electron chi connectivity index (χ3n) is 5.19. The highest BCUT2D eigenvalue weighted by atomic mass is 16.5. The summed E-state index contributed by atoms with van der Waals surface area (Å²) < 4.78 is 5.46. The van der Waals surface area contributed by atoms with Crippen molar-refractivity contribution in [2.45, 2.75) is 37.8 Å². The molecule has 3 aliphatic rings. The van der Waals surface area contributed by atoms with Crippen molar-refractivity contribution in [3.63, 3.8) is 0 Å². The van der Waals surface area contributed by atoms with Gasteiger partial charge in [0.05, 0.1) is 6.61 Å². The monoisotopic (exact) mass is 224 g/mol. The molecule has 5 unspecified atom stereocenters. The van der Waals surface area contributed by atoms with Crippen LogP contribution in [-0.2, 0) is 4.74 Å². The van der Waals surface area contributed by atoms with Gasteiger partial charge in [0.1, 0.15) is 0 Å². The van der Waals surface area contributed by atoms with E-state index in [1.807, 2.05) is 0 Å². The van der Waals surface area contributed by atoms with Crippen LogP contribution in [0.4, 0.5) is 0 Å². The molecule has 3 fully saturated rings. The molecule has 3 nitrogen and oxygen atoms in total. The SMILES string of the molecule is CN(CC1C2CCC(C2)C1N)C1CCOC1. The summed E-state index contributed by atoms with van der Waals surface area (Å²) in [6, 6.07) is 1.12. The predicted molar refractivity (Wildman–Crippen MR) is 64.2 cm³/mol. The average molecular weight is 224 g/mol. The molecule has 0 radical (unpaired) electrons. The standard InChI is InChI=1S/C13H24N2O/c1-15(11-4-5-16-8-11)7-12-9-2-3-10(6-9)13(12)14/h9-13H,2-8,14H2,1H3. The van der Waals surface area contributed by atoms with Crippen LogP contribution in [0.25, 0.3) is 0 Å². The molecule has 0 aromatic heterocycles. The molecular formula is C13H24N2O. The second-order valence-electron chi connectivity index (χ2n) is 6.03. The zero-order valence-electron chi connectivity index (χ0n) is 10.3. The van der Waals surface area contributed by atoms with Crippen LogP contribution < -0.4 is 5.73 Å². The van der Waals surface area contributed by atoms with Gasteiger partial charge in [0, 0.05) is 25.2 Å². The number of nitrogens with zero attached hydrogens (tertiary/aromatic N) is 1. The Kier molecular flexibility index (Phi) is 2.94. The van der Waals surface area contributed by atoms with Gasteiger partial charge in [0.25, 0.3) is 0 Å². The normalized spacial score (nSPS) is 47.1. The van der Waals surface area contributed by atoms with Crippen LogP contribution in [0.3, 0.4) is 0 Å². The number of hydrogen-bond acceptors (Lipinski definition) is 3. The van der Waals surface area contributed by atoms with E-state index in [2.05, 4.69) is 11.9 Å². The molecular weight excluding hydrogens is 200 g/mol. The summed E-state index contributed by atoms with van der Waals surface area (Å²) >= 11 is 0. The van der Waals surface area contributed by atoms with Crippen LogP contribution in [0.2, 0.25) is 0 Å². The Hall–Kier alpha value is -0.120. The van der Waals surface area contributed by atoms with Crippen molar-refractivity contribution in [1.82, 2.24) is 4.90 Å². The minimum Gasteiger partial charge on any atom is -0.380 e. The molecule has 3 heteroatoms. The number of rotatable bonds is 3. The van der Waals surface area contributed by atoms with Crippen molar-refractivity contribution in [2.75, 3.05) is 26.8 Å². The van der Waals surface area contributed by atoms with Gasteiger partial charge in [-0.2, -0.15) is 0 Å². The average Bonchev–Trinajstić information content (AvgIpc) is 2.96. The molecule has 92 valence electrons. The van der Waals surface area contributed by atoms with E-state index >= 15 is 0 Å². The predicted octanol–water partition coefficient (Wildman–Crippen LogP) is 1.08. The van der Waals surface area contributed by atoms with Gasteiger partial charge in [0.2, 0.25) is 0 Å². The molecule has 1 aliphatic heterocycles. The lowest BCUT2D eigenvalue weighted by Crippen LogP contribution is -2.44. The zero-order chi connectivity index (χ0) is 11.1. The van der Waals surface area contributed by atoms with Crippen LogP contribution in [0.15, 0.2) is 0 Å². The van der Waals surface area contributed by atoms with E-state index in [9.17, 15) is 0 Å². The summed E-state index contributed by atoms with van der Waals surface area (Å²) in [6.07, 6.45) is 5.42. The largest absolute Gasteiger partial charge is 0.380 e. The summed E-state index contributed by atoms with van der Waals surface area (Å²) in [5.41, 5.74) is 6.35. The summed E-state index contributed by atoms with van der Waals surface area (Å²) in [5.74, 6) is 2.51. The Morgan fingerprint density at radius 1 is 1.25 bits per heavy atom. The molecule has 0 aromatic carbocycles. The first-order chi connectivity index (χ1) is 7.75. The number of nitrogens with two attached hydrogens (primary N) is 1. The Balaban J connectivity index is 1.57. The highest BCUT2D eigenvalue weighted by Crippen LogP contribution is 2.47. The second-order valence-corrected chi connectivity index (χ2v) is 6.03. The molecule has 1 saturated heterocycles. The van der Waals surface area contributed by atoms with E-state index in [4.69, 9.17) is 10.5 Å². The number of fused-ring (bicyclic) bond motifs is 2. The number of likely N-dealkylation sites (N-methyl/N-ethyl adjacent to an activating group) is 1. The third-order valence-corrected chi connectivity index (χ3v) is 5.19. The zero-order valence-corrected chi connectivity index (χ0v) is 10.3. The molecule has 0 spiro atoms. The van der Waals surface area contributed by atoms with Gasteiger partial charge in [0.15, 0.2) is 0 Å². The van der Waals surface area contributed by atoms with Crippen molar-refractivity contribution in [3.8, 4) is 0 Å². The van der Waals surface area contributed by atoms with Gasteiger partial charge < -0.3 is 15.4 Å². The fourth-order valence-corrected chi connectivity index (χ4v) is 4.08. The van der Waals surface area contributed by atoms with E-state index in [-0.39, 0.29) is 0 Å². The van der Waals surface area contributed by atoms with Gasteiger partial charge in [-0.05, 0) is 50.5 Å². The number of hydrogen-bond donors (Lipinski definition) is 1. The molecule has 16 heavy (non-hydrogen) atoms. The van der Waals surface area contributed by atoms with Crippen LogP contribution in [0, 0.1) is 17.8 Å². The summed E-state index contributed by atoms with van der Waals surface area (Å²) in [5, 5.41) is 0. The maximum absolute atomic E-state index is 6.35. The minimum absolute atomic E-state index is 0.475. The Labute approximate surface area is 98.3 Å². The van der Waals surface area contributed by atoms with E-state index in [0.717, 1.165) is 31.0 Å². The summed E-state index contributed by atoms with van der Waals surface area (Å²) in [4.78, 5) is 2.50. The molecule has 2 bridgehead atoms. The van der Waals surface area contributed by atoms with Gasteiger partial charge in [-0.1, -0.05) is 0 Å². The van der Waals surface area contributed by atoms with E-state index in [0.29, 0.717) is 12.1 Å². The first-order valence-corrected chi connectivity index (χ1v) is 6.79. The maximum atomic E-state index is 6.35. The lowest BCUT2D eigenvalue weighted by molar-refractivity contribution is 0.131. The first-order valence-electron chi connectivity index (χ1n) is 6.79. The molecule has 2 aliphatic carbocycles. The maximum Gasteiger partial charge on any atom is 0.0622 e. The van der Waals surface area contributed by atoms with Gasteiger partial charge >= 0.3 is 0 Å². The highest BCUT2D eigenvalue weighted by molar-refractivity contribution is 5.00. The Morgan fingerprint density at radius 2 is 2.06 bits per heavy atom. The summed E-state index contributed by atoms with van der Waals surface area (Å²) in [7, 11) is 2.25. The van der Waals surface area contributed by atoms with Gasteiger partial charge in [-0.15, -0.1) is 0 Å². The van der Waals surface area contributed by atoms with Crippen molar-refractivity contribution in [2.24, 2.45) is 23.5 Å². The van der Waals surface area contributed by atoms with Crippen LogP contribution in [-0.4, -0.2) is 43.8 Å². The first kappa shape index (κ1) is 11.0. The molecule has 2 saturated carbocycles. The highest BCUT2D eigenvalue weighted by Gasteiger charge is 2.46. The molecule has 0 amide bonds. The van der Waals surface area contributed by atoms with E-state index in [1.54, 1.807) is 0 Å². The fraction of sp³-hybridized carbons (Fsp3) is 1.00. The van der Waals surface area contributed by atoms with Crippen molar-refractivity contribution in [3.05, 3.63) is 0 Å². The lowest BCUT2D eigenvalue weighted by atomic mass is 9.84. The quantitative estimate of drug-likeness (QED) is 0.779. The molecule has 2 N–H and O–H groups in total. The van der Waals surface area contributed by atoms with Crippen molar-refractivity contribution >= 4 is 0 Å². The third kappa shape index (κ3) is 1.79. The summed E-state index contributed by atoms with van der Waals surface area (Å²) in [6.45, 7) is 3.06. The van der Waals surface area contributed by atoms with E-state index in [1.165, 1.54) is 32.2 Å². The molecule has 0 aromatic rings. The van der Waals surface area contributed by atoms with Crippen molar-refractivity contribution < 1.29 is 4.74 Å². The second kappa shape index (κ2) is 4.28. The Bertz CT molecular complexity index is 250. The topological polar surface area (TPSA) is 38.5 Å².